The highest BCUT2D eigenvalue weighted by Crippen LogP contribution is 2.45. The Bertz CT molecular complexity index is 2820. The average molecular weight is 570 g/mol. The minimum atomic E-state index is 1.18. The number of rotatable bonds is 2. The van der Waals surface area contributed by atoms with Crippen LogP contribution in [0.2, 0.25) is 0 Å². The van der Waals surface area contributed by atoms with Gasteiger partial charge in [-0.2, -0.15) is 0 Å². The summed E-state index contributed by atoms with van der Waals surface area (Å²) < 4.78 is 2.50. The molecule has 0 radical (unpaired) electrons. The van der Waals surface area contributed by atoms with Gasteiger partial charge in [0, 0.05) is 27.2 Å². The molecule has 1 heteroatoms. The highest BCUT2D eigenvalue weighted by Gasteiger charge is 2.20. The van der Waals surface area contributed by atoms with E-state index in [0.29, 0.717) is 0 Å². The van der Waals surface area contributed by atoms with Gasteiger partial charge in [0.25, 0.3) is 0 Å². The lowest BCUT2D eigenvalue weighted by molar-refractivity contribution is 1.19. The molecule has 1 heterocycles. The van der Waals surface area contributed by atoms with Crippen LogP contribution < -0.4 is 0 Å². The molecule has 0 aliphatic carbocycles. The summed E-state index contributed by atoms with van der Waals surface area (Å²) in [5, 5.41) is 15.4. The van der Waals surface area contributed by atoms with Gasteiger partial charge in [-0.15, -0.1) is 0 Å². The van der Waals surface area contributed by atoms with Gasteiger partial charge in [0.1, 0.15) is 0 Å². The number of aromatic nitrogens is 1. The van der Waals surface area contributed by atoms with Gasteiger partial charge in [-0.05, 0) is 84.5 Å². The normalized spacial score (nSPS) is 12.0. The van der Waals surface area contributed by atoms with E-state index in [1.54, 1.807) is 0 Å². The van der Waals surface area contributed by atoms with Crippen molar-refractivity contribution in [2.24, 2.45) is 0 Å². The molecular weight excluding hydrogens is 542 g/mol. The minimum absolute atomic E-state index is 1.18. The molecule has 0 saturated heterocycles. The second-order valence-electron chi connectivity index (χ2n) is 12.1. The number of benzene rings is 9. The summed E-state index contributed by atoms with van der Waals surface area (Å²) in [7, 11) is 0. The molecule has 0 aliphatic rings. The molecule has 208 valence electrons. The Balaban J connectivity index is 1.30. The standard InChI is InChI=1S/C44H27N/c1-2-11-31-25-32(19-17-28(31)9-1)33-20-18-29-21-23-35(27-34(29)26-33)45-41-16-8-7-15-40(41)43-42-36-12-4-3-10-30(36)22-24-38(42)37-13-5-6-14-39(37)44(43)45/h1-27H. The van der Waals surface area contributed by atoms with Gasteiger partial charge in [-0.25, -0.2) is 0 Å². The van der Waals surface area contributed by atoms with Crippen LogP contribution in [0.15, 0.2) is 164 Å². The molecule has 45 heavy (non-hydrogen) atoms. The molecule has 0 fully saturated rings. The van der Waals surface area contributed by atoms with Crippen LogP contribution in [0, 0.1) is 0 Å². The summed E-state index contributed by atoms with van der Waals surface area (Å²) >= 11 is 0. The minimum Gasteiger partial charge on any atom is -0.309 e. The predicted octanol–water partition coefficient (Wildman–Crippen LogP) is 12.2. The molecule has 10 aromatic rings. The topological polar surface area (TPSA) is 4.93 Å². The predicted molar refractivity (Wildman–Crippen MR) is 194 cm³/mol. The Morgan fingerprint density at radius 1 is 0.311 bits per heavy atom. The van der Waals surface area contributed by atoms with Gasteiger partial charge in [-0.3, -0.25) is 0 Å². The van der Waals surface area contributed by atoms with E-state index in [0.717, 1.165) is 0 Å². The van der Waals surface area contributed by atoms with Crippen molar-refractivity contribution in [3.8, 4) is 16.8 Å². The van der Waals surface area contributed by atoms with Crippen LogP contribution in [0.1, 0.15) is 0 Å². The summed E-state index contributed by atoms with van der Waals surface area (Å²) in [6.45, 7) is 0. The largest absolute Gasteiger partial charge is 0.309 e. The molecule has 0 unspecified atom stereocenters. The zero-order chi connectivity index (χ0) is 29.5. The second-order valence-corrected chi connectivity index (χ2v) is 12.1. The van der Waals surface area contributed by atoms with E-state index in [1.807, 2.05) is 0 Å². The lowest BCUT2D eigenvalue weighted by atomic mass is 9.93. The zero-order valence-corrected chi connectivity index (χ0v) is 24.5. The second kappa shape index (κ2) is 9.29. The third kappa shape index (κ3) is 3.56. The maximum absolute atomic E-state index is 2.50. The fraction of sp³-hybridized carbons (Fsp3) is 0. The van der Waals surface area contributed by atoms with E-state index in [1.165, 1.54) is 92.5 Å². The van der Waals surface area contributed by atoms with Gasteiger partial charge in [0.05, 0.1) is 11.0 Å². The van der Waals surface area contributed by atoms with Crippen molar-refractivity contribution < 1.29 is 0 Å². The summed E-state index contributed by atoms with van der Waals surface area (Å²) in [6, 6.07) is 60.3. The Morgan fingerprint density at radius 2 is 0.889 bits per heavy atom. The Morgan fingerprint density at radius 3 is 1.71 bits per heavy atom. The quantitative estimate of drug-likeness (QED) is 0.183. The monoisotopic (exact) mass is 569 g/mol. The Kier molecular flexibility index (Phi) is 5.06. The third-order valence-corrected chi connectivity index (χ3v) is 9.69. The average Bonchev–Trinajstić information content (AvgIpc) is 3.46. The molecule has 0 saturated carbocycles. The number of fused-ring (bicyclic) bond motifs is 12. The van der Waals surface area contributed by atoms with Crippen molar-refractivity contribution >= 4 is 75.7 Å². The van der Waals surface area contributed by atoms with Crippen LogP contribution in [0.3, 0.4) is 0 Å². The number of hydrogen-bond acceptors (Lipinski definition) is 0. The van der Waals surface area contributed by atoms with Gasteiger partial charge >= 0.3 is 0 Å². The van der Waals surface area contributed by atoms with Gasteiger partial charge in [0.2, 0.25) is 0 Å². The first-order valence-corrected chi connectivity index (χ1v) is 15.6. The Labute approximate surface area is 260 Å². The molecule has 0 amide bonds. The molecule has 0 aliphatic heterocycles. The van der Waals surface area contributed by atoms with Gasteiger partial charge in [-0.1, -0.05) is 133 Å². The lowest BCUT2D eigenvalue weighted by Crippen LogP contribution is -1.95. The highest BCUT2D eigenvalue weighted by atomic mass is 15.0. The number of nitrogens with zero attached hydrogens (tertiary/aromatic N) is 1. The molecular formula is C44H27N. The zero-order valence-electron chi connectivity index (χ0n) is 24.5. The molecule has 1 nitrogen and oxygen atoms in total. The molecule has 9 aromatic carbocycles. The van der Waals surface area contributed by atoms with Crippen molar-refractivity contribution in [1.29, 1.82) is 0 Å². The summed E-state index contributed by atoms with van der Waals surface area (Å²) in [4.78, 5) is 0. The van der Waals surface area contributed by atoms with Gasteiger partial charge in [0.15, 0.2) is 0 Å². The van der Waals surface area contributed by atoms with Crippen LogP contribution in [0.25, 0.3) is 92.5 Å². The molecule has 0 atom stereocenters. The molecule has 10 rings (SSSR count). The number of hydrogen-bond donors (Lipinski definition) is 0. The van der Waals surface area contributed by atoms with E-state index in [-0.39, 0.29) is 0 Å². The molecule has 0 N–H and O–H groups in total. The van der Waals surface area contributed by atoms with Crippen molar-refractivity contribution in [3.05, 3.63) is 164 Å². The van der Waals surface area contributed by atoms with E-state index in [9.17, 15) is 0 Å². The first-order valence-electron chi connectivity index (χ1n) is 15.6. The smallest absolute Gasteiger partial charge is 0.0626 e. The SMILES string of the molecule is c1ccc2cc(-c3ccc4ccc(-n5c6ccccc6c6c7c8ccccc8ccc7c7ccccc7c65)cc4c3)ccc2c1. The maximum atomic E-state index is 2.50. The van der Waals surface area contributed by atoms with Gasteiger partial charge < -0.3 is 4.57 Å². The van der Waals surface area contributed by atoms with Crippen molar-refractivity contribution in [3.63, 3.8) is 0 Å². The summed E-state index contributed by atoms with van der Waals surface area (Å²) in [5.41, 5.74) is 6.13. The lowest BCUT2D eigenvalue weighted by Gasteiger charge is -2.14. The fourth-order valence-corrected chi connectivity index (χ4v) is 7.63. The maximum Gasteiger partial charge on any atom is 0.0626 e. The summed E-state index contributed by atoms with van der Waals surface area (Å²) in [5.74, 6) is 0. The first kappa shape index (κ1) is 24.5. The fourth-order valence-electron chi connectivity index (χ4n) is 7.63. The molecule has 0 spiro atoms. The van der Waals surface area contributed by atoms with Crippen LogP contribution >= 0.6 is 0 Å². The van der Waals surface area contributed by atoms with E-state index in [2.05, 4.69) is 168 Å². The third-order valence-electron chi connectivity index (χ3n) is 9.69. The van der Waals surface area contributed by atoms with Crippen LogP contribution in [0.5, 0.6) is 0 Å². The van der Waals surface area contributed by atoms with Crippen molar-refractivity contribution in [2.75, 3.05) is 0 Å². The van der Waals surface area contributed by atoms with E-state index < -0.39 is 0 Å². The highest BCUT2D eigenvalue weighted by molar-refractivity contribution is 6.36. The summed E-state index contributed by atoms with van der Waals surface area (Å²) in [6.07, 6.45) is 0. The number of para-hydroxylation sites is 1. The van der Waals surface area contributed by atoms with E-state index >= 15 is 0 Å². The molecule has 1 aromatic heterocycles. The molecule has 0 bridgehead atoms. The van der Waals surface area contributed by atoms with Crippen molar-refractivity contribution in [2.45, 2.75) is 0 Å². The van der Waals surface area contributed by atoms with Crippen LogP contribution in [0.4, 0.5) is 0 Å². The Hall–Kier alpha value is -5.92. The van der Waals surface area contributed by atoms with Crippen LogP contribution in [-0.2, 0) is 0 Å². The van der Waals surface area contributed by atoms with Crippen molar-refractivity contribution in [1.82, 2.24) is 4.57 Å². The first-order chi connectivity index (χ1) is 22.3. The van der Waals surface area contributed by atoms with Crippen LogP contribution in [-0.4, -0.2) is 4.57 Å². The van der Waals surface area contributed by atoms with E-state index in [4.69, 9.17) is 0 Å².